The van der Waals surface area contributed by atoms with Crippen molar-refractivity contribution in [3.05, 3.63) is 47.6 Å². The predicted octanol–water partition coefficient (Wildman–Crippen LogP) is 2.46. The molecule has 1 saturated heterocycles. The van der Waals surface area contributed by atoms with Crippen molar-refractivity contribution in [3.63, 3.8) is 0 Å². The maximum Gasteiger partial charge on any atom is 0.232 e. The summed E-state index contributed by atoms with van der Waals surface area (Å²) < 4.78 is 5.36. The van der Waals surface area contributed by atoms with Crippen molar-refractivity contribution in [1.82, 2.24) is 15.0 Å². The first-order valence-corrected chi connectivity index (χ1v) is 7.45. The number of rotatable bonds is 4. The molecular weight excluding hydrogens is 266 g/mol. The highest BCUT2D eigenvalue weighted by Gasteiger charge is 2.36. The van der Waals surface area contributed by atoms with E-state index in [1.165, 1.54) is 0 Å². The van der Waals surface area contributed by atoms with E-state index in [0.29, 0.717) is 31.3 Å². The monoisotopic (exact) mass is 283 g/mol. The Morgan fingerprint density at radius 3 is 2.76 bits per heavy atom. The second-order valence-electron chi connectivity index (χ2n) is 5.93. The molecule has 2 aromatic rings. The van der Waals surface area contributed by atoms with E-state index >= 15 is 0 Å². The smallest absolute Gasteiger partial charge is 0.232 e. The number of amides is 1. The molecule has 0 radical (unpaired) electrons. The Bertz CT molecular complexity index is 649. The second kappa shape index (κ2) is 4.98. The van der Waals surface area contributed by atoms with E-state index < -0.39 is 0 Å². The summed E-state index contributed by atoms with van der Waals surface area (Å²) in [4.78, 5) is 18.5. The number of hydrogen-bond donors (Lipinski definition) is 0. The Hall–Kier alpha value is -2.17. The highest BCUT2D eigenvalue weighted by atomic mass is 16.5. The number of hydrogen-bond acceptors (Lipinski definition) is 4. The van der Waals surface area contributed by atoms with Gasteiger partial charge in [0.25, 0.3) is 0 Å². The van der Waals surface area contributed by atoms with Gasteiger partial charge in [-0.3, -0.25) is 4.79 Å². The van der Waals surface area contributed by atoms with Crippen LogP contribution in [-0.4, -0.2) is 27.5 Å². The number of benzene rings is 1. The van der Waals surface area contributed by atoms with E-state index in [1.807, 2.05) is 35.2 Å². The third-order valence-corrected chi connectivity index (χ3v) is 4.18. The van der Waals surface area contributed by atoms with Crippen molar-refractivity contribution in [3.8, 4) is 0 Å². The Balaban J connectivity index is 1.45. The SMILES string of the molecule is O=C1C[C@@H](c2nc(C3CC3)no2)CN1Cc1ccccc1. The Morgan fingerprint density at radius 2 is 2.00 bits per heavy atom. The molecule has 1 atom stereocenters. The fourth-order valence-corrected chi connectivity index (χ4v) is 2.81. The summed E-state index contributed by atoms with van der Waals surface area (Å²) in [5.74, 6) is 2.14. The van der Waals surface area contributed by atoms with Crippen LogP contribution in [0.1, 0.15) is 48.4 Å². The molecule has 2 heterocycles. The molecule has 1 aliphatic heterocycles. The largest absolute Gasteiger partial charge is 0.339 e. The summed E-state index contributed by atoms with van der Waals surface area (Å²) in [6, 6.07) is 10.0. The zero-order chi connectivity index (χ0) is 14.2. The number of carbonyl (C=O) groups excluding carboxylic acids is 1. The van der Waals surface area contributed by atoms with Gasteiger partial charge in [0.1, 0.15) is 0 Å². The lowest BCUT2D eigenvalue weighted by molar-refractivity contribution is -0.128. The normalized spacial score (nSPS) is 22.0. The van der Waals surface area contributed by atoms with E-state index in [-0.39, 0.29) is 11.8 Å². The Morgan fingerprint density at radius 1 is 1.19 bits per heavy atom. The molecule has 2 aliphatic rings. The van der Waals surface area contributed by atoms with Gasteiger partial charge in [-0.15, -0.1) is 0 Å². The van der Waals surface area contributed by atoms with Crippen LogP contribution in [0.15, 0.2) is 34.9 Å². The fraction of sp³-hybridized carbons (Fsp3) is 0.438. The van der Waals surface area contributed by atoms with Crippen molar-refractivity contribution in [1.29, 1.82) is 0 Å². The lowest BCUT2D eigenvalue weighted by atomic mass is 10.1. The number of likely N-dealkylation sites (tertiary alicyclic amines) is 1. The summed E-state index contributed by atoms with van der Waals surface area (Å²) in [6.45, 7) is 1.32. The average Bonchev–Trinajstić information content (AvgIpc) is 3.12. The molecule has 0 spiro atoms. The van der Waals surface area contributed by atoms with Gasteiger partial charge in [-0.1, -0.05) is 35.5 Å². The molecule has 0 unspecified atom stereocenters. The van der Waals surface area contributed by atoms with Crippen molar-refractivity contribution >= 4 is 5.91 Å². The van der Waals surface area contributed by atoms with Gasteiger partial charge in [0.05, 0.1) is 5.92 Å². The van der Waals surface area contributed by atoms with Crippen LogP contribution in [0.4, 0.5) is 0 Å². The molecular formula is C16H17N3O2. The molecule has 0 bridgehead atoms. The van der Waals surface area contributed by atoms with E-state index in [2.05, 4.69) is 10.1 Å². The van der Waals surface area contributed by atoms with Crippen LogP contribution in [0.5, 0.6) is 0 Å². The van der Waals surface area contributed by atoms with E-state index in [9.17, 15) is 4.79 Å². The number of aromatic nitrogens is 2. The van der Waals surface area contributed by atoms with E-state index in [1.54, 1.807) is 0 Å². The maximum absolute atomic E-state index is 12.2. The summed E-state index contributed by atoms with van der Waals surface area (Å²) in [7, 11) is 0. The molecule has 21 heavy (non-hydrogen) atoms. The molecule has 1 saturated carbocycles. The maximum atomic E-state index is 12.2. The quantitative estimate of drug-likeness (QED) is 0.865. The average molecular weight is 283 g/mol. The van der Waals surface area contributed by atoms with Gasteiger partial charge in [0.15, 0.2) is 5.82 Å². The standard InChI is InChI=1S/C16H17N3O2/c20-14-8-13(16-17-15(18-21-16)12-6-7-12)10-19(14)9-11-4-2-1-3-5-11/h1-5,12-13H,6-10H2/t13-/m1/s1. The molecule has 5 heteroatoms. The Labute approximate surface area is 123 Å². The molecule has 1 aromatic carbocycles. The highest BCUT2D eigenvalue weighted by molar-refractivity contribution is 5.79. The first-order valence-electron chi connectivity index (χ1n) is 7.45. The van der Waals surface area contributed by atoms with Crippen LogP contribution in [0, 0.1) is 0 Å². The van der Waals surface area contributed by atoms with Crippen LogP contribution >= 0.6 is 0 Å². The zero-order valence-corrected chi connectivity index (χ0v) is 11.7. The first-order chi connectivity index (χ1) is 10.3. The molecule has 4 rings (SSSR count). The van der Waals surface area contributed by atoms with Crippen LogP contribution < -0.4 is 0 Å². The van der Waals surface area contributed by atoms with Crippen molar-refractivity contribution in [2.45, 2.75) is 37.6 Å². The summed E-state index contributed by atoms with van der Waals surface area (Å²) in [5, 5.41) is 4.04. The van der Waals surface area contributed by atoms with Crippen LogP contribution in [0.25, 0.3) is 0 Å². The molecule has 108 valence electrons. The molecule has 0 N–H and O–H groups in total. The summed E-state index contributed by atoms with van der Waals surface area (Å²) in [6.07, 6.45) is 2.78. The molecule has 2 fully saturated rings. The minimum atomic E-state index is 0.0428. The van der Waals surface area contributed by atoms with E-state index in [4.69, 9.17) is 4.52 Å². The van der Waals surface area contributed by atoms with Gasteiger partial charge in [-0.05, 0) is 18.4 Å². The third-order valence-electron chi connectivity index (χ3n) is 4.18. The van der Waals surface area contributed by atoms with Crippen LogP contribution in [0.3, 0.4) is 0 Å². The molecule has 1 amide bonds. The number of nitrogens with zero attached hydrogens (tertiary/aromatic N) is 3. The molecule has 5 nitrogen and oxygen atoms in total. The summed E-state index contributed by atoms with van der Waals surface area (Å²) >= 11 is 0. The van der Waals surface area contributed by atoms with Gasteiger partial charge in [0.2, 0.25) is 11.8 Å². The number of carbonyl (C=O) groups is 1. The molecule has 1 aliphatic carbocycles. The van der Waals surface area contributed by atoms with Gasteiger partial charge >= 0.3 is 0 Å². The minimum absolute atomic E-state index is 0.0428. The van der Waals surface area contributed by atoms with Crippen molar-refractivity contribution in [2.24, 2.45) is 0 Å². The zero-order valence-electron chi connectivity index (χ0n) is 11.7. The highest BCUT2D eigenvalue weighted by Crippen LogP contribution is 2.39. The predicted molar refractivity (Wildman–Crippen MR) is 75.5 cm³/mol. The lowest BCUT2D eigenvalue weighted by Crippen LogP contribution is -2.24. The minimum Gasteiger partial charge on any atom is -0.339 e. The fourth-order valence-electron chi connectivity index (χ4n) is 2.81. The summed E-state index contributed by atoms with van der Waals surface area (Å²) in [5.41, 5.74) is 1.15. The van der Waals surface area contributed by atoms with Crippen molar-refractivity contribution < 1.29 is 9.32 Å². The van der Waals surface area contributed by atoms with Gasteiger partial charge in [0, 0.05) is 25.4 Å². The topological polar surface area (TPSA) is 59.2 Å². The first kappa shape index (κ1) is 12.6. The van der Waals surface area contributed by atoms with Crippen LogP contribution in [0.2, 0.25) is 0 Å². The van der Waals surface area contributed by atoms with Crippen molar-refractivity contribution in [2.75, 3.05) is 6.54 Å². The van der Waals surface area contributed by atoms with Gasteiger partial charge in [-0.2, -0.15) is 4.98 Å². The molecule has 1 aromatic heterocycles. The van der Waals surface area contributed by atoms with Gasteiger partial charge < -0.3 is 9.42 Å². The Kier molecular flexibility index (Phi) is 2.98. The third kappa shape index (κ3) is 2.55. The van der Waals surface area contributed by atoms with Crippen LogP contribution in [-0.2, 0) is 11.3 Å². The second-order valence-corrected chi connectivity index (χ2v) is 5.93. The lowest BCUT2D eigenvalue weighted by Gasteiger charge is -2.15. The van der Waals surface area contributed by atoms with E-state index in [0.717, 1.165) is 24.2 Å². The van der Waals surface area contributed by atoms with Gasteiger partial charge in [-0.25, -0.2) is 0 Å².